The highest BCUT2D eigenvalue weighted by Gasteiger charge is 2.18. The Hall–Kier alpha value is -0.0400. The highest BCUT2D eigenvalue weighted by Crippen LogP contribution is 2.15. The number of likely N-dealkylation sites (tertiary alicyclic amines) is 1. The van der Waals surface area contributed by atoms with Crippen LogP contribution in [0.5, 0.6) is 0 Å². The van der Waals surface area contributed by atoms with Crippen LogP contribution in [0.15, 0.2) is 0 Å². The lowest BCUT2D eigenvalue weighted by Crippen LogP contribution is -2.24. The van der Waals surface area contributed by atoms with Gasteiger partial charge in [0.15, 0.2) is 0 Å². The van der Waals surface area contributed by atoms with Crippen LogP contribution in [-0.2, 0) is 0 Å². The van der Waals surface area contributed by atoms with Crippen LogP contribution in [0.25, 0.3) is 0 Å². The van der Waals surface area contributed by atoms with Crippen molar-refractivity contribution < 1.29 is 0 Å². The van der Waals surface area contributed by atoms with E-state index >= 15 is 0 Å². The van der Waals surface area contributed by atoms with Gasteiger partial charge in [-0.1, -0.05) is 20.8 Å². The van der Waals surface area contributed by atoms with Crippen molar-refractivity contribution in [1.82, 2.24) is 4.90 Å². The van der Waals surface area contributed by atoms with E-state index in [1.54, 1.807) is 0 Å². The van der Waals surface area contributed by atoms with Gasteiger partial charge in [-0.05, 0) is 24.8 Å². The fourth-order valence-corrected chi connectivity index (χ4v) is 1.71. The molecule has 0 unspecified atom stereocenters. The zero-order valence-electron chi connectivity index (χ0n) is 7.43. The minimum absolute atomic E-state index is 0.838. The van der Waals surface area contributed by atoms with Crippen LogP contribution in [0.2, 0.25) is 0 Å². The molecule has 60 valence electrons. The molecule has 0 aliphatic carbocycles. The van der Waals surface area contributed by atoms with Crippen LogP contribution in [0.1, 0.15) is 27.2 Å². The van der Waals surface area contributed by atoms with Crippen LogP contribution in [-0.4, -0.2) is 24.5 Å². The second kappa shape index (κ2) is 3.38. The molecule has 1 rings (SSSR count). The molecular formula is C9H19N. The van der Waals surface area contributed by atoms with E-state index in [1.165, 1.54) is 26.1 Å². The number of rotatable bonds is 2. The van der Waals surface area contributed by atoms with Crippen LogP contribution in [0.3, 0.4) is 0 Å². The molecule has 10 heavy (non-hydrogen) atoms. The molecule has 1 atom stereocenters. The summed E-state index contributed by atoms with van der Waals surface area (Å²) in [5, 5.41) is 0. The molecule has 1 aliphatic heterocycles. The predicted molar refractivity (Wildman–Crippen MR) is 45.1 cm³/mol. The fraction of sp³-hybridized carbons (Fsp3) is 1.00. The van der Waals surface area contributed by atoms with Gasteiger partial charge in [-0.3, -0.25) is 0 Å². The second-order valence-electron chi connectivity index (χ2n) is 4.05. The summed E-state index contributed by atoms with van der Waals surface area (Å²) in [6.07, 6.45) is 1.41. The molecule has 0 radical (unpaired) electrons. The first-order valence-electron chi connectivity index (χ1n) is 4.41. The second-order valence-corrected chi connectivity index (χ2v) is 4.05. The van der Waals surface area contributed by atoms with Gasteiger partial charge < -0.3 is 4.90 Å². The Bertz CT molecular complexity index is 98.9. The number of hydrogen-bond donors (Lipinski definition) is 0. The smallest absolute Gasteiger partial charge is 0.000761 e. The SMILES string of the molecule is CC(C)CN1CC[C@H](C)C1. The van der Waals surface area contributed by atoms with E-state index < -0.39 is 0 Å². The predicted octanol–water partition coefficient (Wildman–Crippen LogP) is 1.98. The van der Waals surface area contributed by atoms with Crippen molar-refractivity contribution >= 4 is 0 Å². The summed E-state index contributed by atoms with van der Waals surface area (Å²) in [4.78, 5) is 2.58. The van der Waals surface area contributed by atoms with Crippen LogP contribution in [0.4, 0.5) is 0 Å². The van der Waals surface area contributed by atoms with E-state index in [-0.39, 0.29) is 0 Å². The quantitative estimate of drug-likeness (QED) is 0.568. The van der Waals surface area contributed by atoms with Gasteiger partial charge in [-0.15, -0.1) is 0 Å². The molecule has 0 aromatic rings. The van der Waals surface area contributed by atoms with Crippen molar-refractivity contribution in [2.24, 2.45) is 11.8 Å². The molecule has 1 heterocycles. The zero-order chi connectivity index (χ0) is 7.56. The Balaban J connectivity index is 2.18. The van der Waals surface area contributed by atoms with Gasteiger partial charge in [0.1, 0.15) is 0 Å². The Kier molecular flexibility index (Phi) is 2.72. The summed E-state index contributed by atoms with van der Waals surface area (Å²) >= 11 is 0. The van der Waals surface area contributed by atoms with E-state index in [2.05, 4.69) is 25.7 Å². The third-order valence-corrected chi connectivity index (χ3v) is 2.13. The third-order valence-electron chi connectivity index (χ3n) is 2.13. The van der Waals surface area contributed by atoms with E-state index in [0.29, 0.717) is 0 Å². The summed E-state index contributed by atoms with van der Waals surface area (Å²) in [6, 6.07) is 0. The lowest BCUT2D eigenvalue weighted by molar-refractivity contribution is 0.290. The number of nitrogens with zero attached hydrogens (tertiary/aromatic N) is 1. The molecule has 0 saturated carbocycles. The minimum atomic E-state index is 0.838. The molecule has 0 N–H and O–H groups in total. The molecule has 1 nitrogen and oxygen atoms in total. The van der Waals surface area contributed by atoms with Crippen molar-refractivity contribution in [3.05, 3.63) is 0 Å². The van der Waals surface area contributed by atoms with Crippen molar-refractivity contribution in [2.45, 2.75) is 27.2 Å². The normalized spacial score (nSPS) is 28.2. The molecular weight excluding hydrogens is 122 g/mol. The van der Waals surface area contributed by atoms with Crippen LogP contribution in [0, 0.1) is 11.8 Å². The first-order chi connectivity index (χ1) is 4.68. The number of hydrogen-bond acceptors (Lipinski definition) is 1. The summed E-state index contributed by atoms with van der Waals surface area (Å²) in [6.45, 7) is 10.9. The fourth-order valence-electron chi connectivity index (χ4n) is 1.71. The molecule has 0 aromatic heterocycles. The van der Waals surface area contributed by atoms with Crippen LogP contribution < -0.4 is 0 Å². The first kappa shape index (κ1) is 8.06. The van der Waals surface area contributed by atoms with Crippen molar-refractivity contribution in [3.63, 3.8) is 0 Å². The van der Waals surface area contributed by atoms with Gasteiger partial charge in [0.05, 0.1) is 0 Å². The largest absolute Gasteiger partial charge is 0.303 e. The zero-order valence-corrected chi connectivity index (χ0v) is 7.43. The molecule has 1 heteroatoms. The highest BCUT2D eigenvalue weighted by atomic mass is 15.1. The van der Waals surface area contributed by atoms with E-state index in [4.69, 9.17) is 0 Å². The molecule has 1 aliphatic rings. The Morgan fingerprint density at radius 2 is 2.20 bits per heavy atom. The van der Waals surface area contributed by atoms with Gasteiger partial charge in [0.2, 0.25) is 0 Å². The molecule has 1 saturated heterocycles. The van der Waals surface area contributed by atoms with Gasteiger partial charge in [-0.25, -0.2) is 0 Å². The maximum absolute atomic E-state index is 2.58. The lowest BCUT2D eigenvalue weighted by Gasteiger charge is -2.17. The highest BCUT2D eigenvalue weighted by molar-refractivity contribution is 4.72. The van der Waals surface area contributed by atoms with Gasteiger partial charge in [-0.2, -0.15) is 0 Å². The Labute approximate surface area is 64.4 Å². The maximum atomic E-state index is 2.58. The molecule has 0 aromatic carbocycles. The van der Waals surface area contributed by atoms with Gasteiger partial charge in [0.25, 0.3) is 0 Å². The van der Waals surface area contributed by atoms with Crippen molar-refractivity contribution in [3.8, 4) is 0 Å². The molecule has 0 spiro atoms. The summed E-state index contributed by atoms with van der Waals surface area (Å²) in [7, 11) is 0. The van der Waals surface area contributed by atoms with Crippen molar-refractivity contribution in [2.75, 3.05) is 19.6 Å². The van der Waals surface area contributed by atoms with Crippen molar-refractivity contribution in [1.29, 1.82) is 0 Å². The topological polar surface area (TPSA) is 3.24 Å². The molecule has 1 fully saturated rings. The van der Waals surface area contributed by atoms with E-state index in [9.17, 15) is 0 Å². The molecule has 0 bridgehead atoms. The Morgan fingerprint density at radius 3 is 2.60 bits per heavy atom. The first-order valence-corrected chi connectivity index (χ1v) is 4.41. The molecule has 0 amide bonds. The lowest BCUT2D eigenvalue weighted by atomic mass is 10.2. The van der Waals surface area contributed by atoms with E-state index in [1.807, 2.05) is 0 Å². The van der Waals surface area contributed by atoms with E-state index in [0.717, 1.165) is 11.8 Å². The summed E-state index contributed by atoms with van der Waals surface area (Å²) in [5.41, 5.74) is 0. The van der Waals surface area contributed by atoms with Crippen LogP contribution >= 0.6 is 0 Å². The minimum Gasteiger partial charge on any atom is -0.303 e. The average molecular weight is 141 g/mol. The summed E-state index contributed by atoms with van der Waals surface area (Å²) in [5.74, 6) is 1.78. The average Bonchev–Trinajstić information content (AvgIpc) is 2.13. The maximum Gasteiger partial charge on any atom is 0.000761 e. The third kappa shape index (κ3) is 2.30. The Morgan fingerprint density at radius 1 is 1.50 bits per heavy atom. The monoisotopic (exact) mass is 141 g/mol. The van der Waals surface area contributed by atoms with Gasteiger partial charge >= 0.3 is 0 Å². The summed E-state index contributed by atoms with van der Waals surface area (Å²) < 4.78 is 0. The standard InChI is InChI=1S/C9H19N/c1-8(2)6-10-5-4-9(3)7-10/h8-9H,4-7H2,1-3H3/t9-/m0/s1. The van der Waals surface area contributed by atoms with Gasteiger partial charge in [0, 0.05) is 13.1 Å².